The lowest BCUT2D eigenvalue weighted by atomic mass is 10.2. The van der Waals surface area contributed by atoms with Crippen LogP contribution < -0.4 is 0 Å². The molecule has 14 heavy (non-hydrogen) atoms. The van der Waals surface area contributed by atoms with Crippen molar-refractivity contribution in [3.8, 4) is 5.88 Å². The summed E-state index contributed by atoms with van der Waals surface area (Å²) in [6.07, 6.45) is 1.37. The fraction of sp³-hybridized carbons (Fsp3) is 0.667. The first-order valence-electron chi connectivity index (χ1n) is 4.87. The van der Waals surface area contributed by atoms with Crippen molar-refractivity contribution in [2.75, 3.05) is 26.2 Å². The van der Waals surface area contributed by atoms with Crippen LogP contribution in [-0.4, -0.2) is 46.2 Å². The Kier molecular flexibility index (Phi) is 2.69. The van der Waals surface area contributed by atoms with E-state index >= 15 is 0 Å². The molecule has 0 spiro atoms. The summed E-state index contributed by atoms with van der Waals surface area (Å²) in [4.78, 5) is 9.13. The molecule has 0 saturated carbocycles. The van der Waals surface area contributed by atoms with Crippen LogP contribution in [0.3, 0.4) is 0 Å². The Morgan fingerprint density at radius 1 is 1.79 bits per heavy atom. The second-order valence-corrected chi connectivity index (χ2v) is 3.41. The summed E-state index contributed by atoms with van der Waals surface area (Å²) in [6, 6.07) is 0. The van der Waals surface area contributed by atoms with Crippen LogP contribution in [0.2, 0.25) is 0 Å². The quantitative estimate of drug-likeness (QED) is 0.725. The van der Waals surface area contributed by atoms with Gasteiger partial charge in [0, 0.05) is 13.1 Å². The third-order valence-electron chi connectivity index (χ3n) is 2.48. The van der Waals surface area contributed by atoms with Crippen molar-refractivity contribution in [1.29, 1.82) is 0 Å². The van der Waals surface area contributed by atoms with Gasteiger partial charge in [-0.3, -0.25) is 4.90 Å². The molecule has 1 aliphatic rings. The summed E-state index contributed by atoms with van der Waals surface area (Å²) in [7, 11) is 0. The number of aromatic hydroxyl groups is 1. The number of hydrogen-bond acceptors (Lipinski definition) is 4. The first-order valence-corrected chi connectivity index (χ1v) is 4.87. The number of nitrogens with one attached hydrogen (secondary N) is 1. The van der Waals surface area contributed by atoms with Crippen molar-refractivity contribution < 1.29 is 9.84 Å². The topological polar surface area (TPSA) is 61.4 Å². The Morgan fingerprint density at radius 2 is 2.64 bits per heavy atom. The molecule has 1 aromatic heterocycles. The number of hydrogen-bond donors (Lipinski definition) is 2. The minimum Gasteiger partial charge on any atom is -0.493 e. The van der Waals surface area contributed by atoms with Crippen LogP contribution in [0, 0.1) is 0 Å². The normalized spacial score (nSPS) is 23.9. The summed E-state index contributed by atoms with van der Waals surface area (Å²) < 4.78 is 5.56. The number of likely N-dealkylation sites (N-methyl/N-ethyl adjacent to an activating group) is 1. The molecular weight excluding hydrogens is 182 g/mol. The van der Waals surface area contributed by atoms with Gasteiger partial charge in [-0.05, 0) is 6.54 Å². The van der Waals surface area contributed by atoms with Crippen LogP contribution in [0.25, 0.3) is 0 Å². The van der Waals surface area contributed by atoms with Gasteiger partial charge in [-0.1, -0.05) is 6.92 Å². The summed E-state index contributed by atoms with van der Waals surface area (Å²) >= 11 is 0. The van der Waals surface area contributed by atoms with Gasteiger partial charge < -0.3 is 14.8 Å². The molecule has 0 aliphatic carbocycles. The molecule has 2 heterocycles. The molecule has 5 nitrogen and oxygen atoms in total. The number of aromatic nitrogens is 2. The van der Waals surface area contributed by atoms with Crippen molar-refractivity contribution in [2.24, 2.45) is 0 Å². The maximum atomic E-state index is 9.12. The second-order valence-electron chi connectivity index (χ2n) is 3.41. The van der Waals surface area contributed by atoms with Gasteiger partial charge in [0.25, 0.3) is 0 Å². The Bertz CT molecular complexity index is 300. The van der Waals surface area contributed by atoms with E-state index in [0.29, 0.717) is 5.82 Å². The molecule has 0 bridgehead atoms. The maximum absolute atomic E-state index is 9.12. The number of nitrogens with zero attached hydrogens (tertiary/aromatic N) is 2. The van der Waals surface area contributed by atoms with Gasteiger partial charge in [0.2, 0.25) is 5.88 Å². The van der Waals surface area contributed by atoms with Gasteiger partial charge >= 0.3 is 0 Å². The third kappa shape index (κ3) is 1.88. The molecule has 1 aromatic rings. The zero-order chi connectivity index (χ0) is 9.97. The average Bonchev–Trinajstić information content (AvgIpc) is 2.65. The molecule has 2 rings (SSSR count). The standard InChI is InChI=1S/C9H15N3O2/c1-2-12-3-4-14-7(6-12)9-10-5-8(13)11-9/h5,7,13H,2-4,6H2,1H3,(H,10,11). The van der Waals surface area contributed by atoms with E-state index in [0.717, 1.165) is 26.2 Å². The predicted octanol–water partition coefficient (Wildman–Crippen LogP) is 0.508. The largest absolute Gasteiger partial charge is 0.493 e. The fourth-order valence-corrected chi connectivity index (χ4v) is 1.65. The van der Waals surface area contributed by atoms with E-state index < -0.39 is 0 Å². The molecule has 5 heteroatoms. The van der Waals surface area contributed by atoms with Crippen molar-refractivity contribution in [3.05, 3.63) is 12.0 Å². The highest BCUT2D eigenvalue weighted by atomic mass is 16.5. The highest BCUT2D eigenvalue weighted by molar-refractivity contribution is 5.07. The molecule has 1 unspecified atom stereocenters. The van der Waals surface area contributed by atoms with E-state index in [2.05, 4.69) is 21.8 Å². The smallest absolute Gasteiger partial charge is 0.208 e. The Morgan fingerprint density at radius 3 is 3.29 bits per heavy atom. The lowest BCUT2D eigenvalue weighted by molar-refractivity contribution is -0.0322. The van der Waals surface area contributed by atoms with Gasteiger partial charge in [-0.25, -0.2) is 4.98 Å². The molecule has 1 atom stereocenters. The molecule has 0 aromatic carbocycles. The monoisotopic (exact) mass is 197 g/mol. The van der Waals surface area contributed by atoms with E-state index in [9.17, 15) is 0 Å². The van der Waals surface area contributed by atoms with Gasteiger partial charge in [-0.15, -0.1) is 0 Å². The highest BCUT2D eigenvalue weighted by Crippen LogP contribution is 2.20. The Hall–Kier alpha value is -1.07. The van der Waals surface area contributed by atoms with Crippen LogP contribution in [0.4, 0.5) is 0 Å². The van der Waals surface area contributed by atoms with Crippen molar-refractivity contribution in [3.63, 3.8) is 0 Å². The van der Waals surface area contributed by atoms with Crippen molar-refractivity contribution >= 4 is 0 Å². The minimum atomic E-state index is -0.0374. The minimum absolute atomic E-state index is 0.0374. The van der Waals surface area contributed by atoms with E-state index in [1.807, 2.05) is 0 Å². The average molecular weight is 197 g/mol. The van der Waals surface area contributed by atoms with Gasteiger partial charge in [-0.2, -0.15) is 0 Å². The molecular formula is C9H15N3O2. The van der Waals surface area contributed by atoms with Crippen molar-refractivity contribution in [2.45, 2.75) is 13.0 Å². The zero-order valence-electron chi connectivity index (χ0n) is 8.23. The van der Waals surface area contributed by atoms with Crippen LogP contribution in [0.15, 0.2) is 6.20 Å². The Labute approximate surface area is 82.7 Å². The zero-order valence-corrected chi connectivity index (χ0v) is 8.23. The lowest BCUT2D eigenvalue weighted by Crippen LogP contribution is -2.38. The van der Waals surface area contributed by atoms with Crippen molar-refractivity contribution in [1.82, 2.24) is 14.9 Å². The van der Waals surface area contributed by atoms with E-state index in [-0.39, 0.29) is 12.0 Å². The Balaban J connectivity index is 2.04. The molecule has 78 valence electrons. The molecule has 0 amide bonds. The number of rotatable bonds is 2. The number of ether oxygens (including phenoxy) is 1. The first kappa shape index (κ1) is 9.48. The summed E-state index contributed by atoms with van der Waals surface area (Å²) in [5.41, 5.74) is 0. The third-order valence-corrected chi connectivity index (χ3v) is 2.48. The molecule has 0 radical (unpaired) electrons. The summed E-state index contributed by atoms with van der Waals surface area (Å²) in [5, 5.41) is 9.12. The predicted molar refractivity (Wildman–Crippen MR) is 51.1 cm³/mol. The van der Waals surface area contributed by atoms with Crippen LogP contribution in [0.1, 0.15) is 18.9 Å². The molecule has 1 fully saturated rings. The molecule has 1 aliphatic heterocycles. The number of morpholine rings is 1. The number of aromatic amines is 1. The second kappa shape index (κ2) is 3.98. The highest BCUT2D eigenvalue weighted by Gasteiger charge is 2.23. The number of imidazole rings is 1. The lowest BCUT2D eigenvalue weighted by Gasteiger charge is -2.30. The van der Waals surface area contributed by atoms with Gasteiger partial charge in [0.1, 0.15) is 11.9 Å². The van der Waals surface area contributed by atoms with E-state index in [1.54, 1.807) is 0 Å². The molecule has 2 N–H and O–H groups in total. The molecule has 1 saturated heterocycles. The van der Waals surface area contributed by atoms with Crippen LogP contribution in [0.5, 0.6) is 5.88 Å². The first-order chi connectivity index (χ1) is 6.79. The number of H-pyrrole nitrogens is 1. The van der Waals surface area contributed by atoms with Crippen LogP contribution >= 0.6 is 0 Å². The fourth-order valence-electron chi connectivity index (χ4n) is 1.65. The van der Waals surface area contributed by atoms with Gasteiger partial charge in [0.05, 0.1) is 12.8 Å². The van der Waals surface area contributed by atoms with Crippen LogP contribution in [-0.2, 0) is 4.74 Å². The van der Waals surface area contributed by atoms with E-state index in [1.165, 1.54) is 6.20 Å². The van der Waals surface area contributed by atoms with Gasteiger partial charge in [0.15, 0.2) is 0 Å². The SMILES string of the molecule is CCN1CCOC(c2ncc(O)[nH]2)C1. The summed E-state index contributed by atoms with van der Waals surface area (Å²) in [5.74, 6) is 0.804. The summed E-state index contributed by atoms with van der Waals surface area (Å²) in [6.45, 7) is 5.68. The maximum Gasteiger partial charge on any atom is 0.208 e. The van der Waals surface area contributed by atoms with E-state index in [4.69, 9.17) is 9.84 Å².